The van der Waals surface area contributed by atoms with Crippen LogP contribution in [0.1, 0.15) is 40.0 Å². The Morgan fingerprint density at radius 1 is 1.27 bits per heavy atom. The van der Waals surface area contributed by atoms with Crippen LogP contribution in [0.4, 0.5) is 4.79 Å². The van der Waals surface area contributed by atoms with Crippen molar-refractivity contribution in [2.75, 3.05) is 7.11 Å². The molecule has 8 nitrogen and oxygen atoms in total. The second-order valence-electron chi connectivity index (χ2n) is 6.07. The maximum Gasteiger partial charge on any atom is 0.408 e. The van der Waals surface area contributed by atoms with Crippen molar-refractivity contribution in [3.8, 4) is 0 Å². The standard InChI is InChI=1S/C14H22N2O6/c1-14(2,3)22-13(20)16-11-9(15-12(11)19)6-5-8(17)7-10(18)21-4/h9,11H,5-7H2,1-4H3,(H,15,19)(H,16,20)/t9-,11?/m1/s1. The number of rotatable bonds is 6. The molecule has 2 N–H and O–H groups in total. The Labute approximate surface area is 128 Å². The first-order chi connectivity index (χ1) is 10.1. The van der Waals surface area contributed by atoms with Gasteiger partial charge in [-0.2, -0.15) is 0 Å². The van der Waals surface area contributed by atoms with Crippen LogP contribution in [0, 0.1) is 0 Å². The summed E-state index contributed by atoms with van der Waals surface area (Å²) in [5.74, 6) is -1.19. The van der Waals surface area contributed by atoms with Gasteiger partial charge >= 0.3 is 12.1 Å². The summed E-state index contributed by atoms with van der Waals surface area (Å²) in [6.45, 7) is 5.16. The molecule has 124 valence electrons. The highest BCUT2D eigenvalue weighted by Crippen LogP contribution is 2.15. The molecule has 1 fully saturated rings. The maximum absolute atomic E-state index is 11.6. The minimum atomic E-state index is -0.722. The van der Waals surface area contributed by atoms with E-state index in [9.17, 15) is 19.2 Å². The van der Waals surface area contributed by atoms with Crippen LogP contribution in [0.5, 0.6) is 0 Å². The summed E-state index contributed by atoms with van der Waals surface area (Å²) < 4.78 is 9.48. The Morgan fingerprint density at radius 2 is 1.91 bits per heavy atom. The van der Waals surface area contributed by atoms with Crippen LogP contribution in [-0.2, 0) is 23.9 Å². The molecule has 0 bridgehead atoms. The zero-order valence-corrected chi connectivity index (χ0v) is 13.2. The summed E-state index contributed by atoms with van der Waals surface area (Å²) in [6.07, 6.45) is -0.520. The Hall–Kier alpha value is -2.12. The summed E-state index contributed by atoms with van der Waals surface area (Å²) in [5, 5.41) is 5.08. The molecule has 0 aromatic heterocycles. The topological polar surface area (TPSA) is 111 Å². The first-order valence-electron chi connectivity index (χ1n) is 7.01. The fraction of sp³-hybridized carbons (Fsp3) is 0.714. The van der Waals surface area contributed by atoms with E-state index >= 15 is 0 Å². The van der Waals surface area contributed by atoms with Crippen molar-refractivity contribution in [1.82, 2.24) is 10.6 Å². The number of carbonyl (C=O) groups is 4. The van der Waals surface area contributed by atoms with Gasteiger partial charge in [-0.3, -0.25) is 14.4 Å². The minimum absolute atomic E-state index is 0.118. The molecule has 8 heteroatoms. The number of hydrogen-bond acceptors (Lipinski definition) is 6. The monoisotopic (exact) mass is 314 g/mol. The van der Waals surface area contributed by atoms with E-state index in [2.05, 4.69) is 15.4 Å². The van der Waals surface area contributed by atoms with Gasteiger partial charge in [-0.25, -0.2) is 4.79 Å². The number of nitrogens with one attached hydrogen (secondary N) is 2. The van der Waals surface area contributed by atoms with Gasteiger partial charge in [-0.1, -0.05) is 0 Å². The number of esters is 1. The number of ketones is 1. The lowest BCUT2D eigenvalue weighted by molar-refractivity contribution is -0.143. The molecule has 2 atom stereocenters. The molecule has 0 radical (unpaired) electrons. The number of amides is 2. The molecule has 2 amide bonds. The van der Waals surface area contributed by atoms with Crippen molar-refractivity contribution in [3.63, 3.8) is 0 Å². The molecule has 22 heavy (non-hydrogen) atoms. The predicted molar refractivity (Wildman–Crippen MR) is 76.0 cm³/mol. The summed E-state index contributed by atoms with van der Waals surface area (Å²) in [6, 6.07) is -1.07. The highest BCUT2D eigenvalue weighted by atomic mass is 16.6. The SMILES string of the molecule is COC(=O)CC(=O)CC[C@H]1NC(=O)C1NC(=O)OC(C)(C)C. The van der Waals surface area contributed by atoms with Gasteiger partial charge in [0.05, 0.1) is 13.2 Å². The third kappa shape index (κ3) is 5.71. The lowest BCUT2D eigenvalue weighted by atomic mass is 9.93. The summed E-state index contributed by atoms with van der Waals surface area (Å²) in [7, 11) is 1.21. The van der Waals surface area contributed by atoms with Crippen LogP contribution in [0.2, 0.25) is 0 Å². The predicted octanol–water partition coefficient (Wildman–Crippen LogP) is 0.290. The second kappa shape index (κ2) is 7.24. The summed E-state index contributed by atoms with van der Waals surface area (Å²) in [5.41, 5.74) is -0.656. The molecule has 0 aromatic rings. The molecule has 0 saturated carbocycles. The molecule has 0 aliphatic carbocycles. The molecule has 0 spiro atoms. The molecule has 1 rings (SSSR count). The summed E-state index contributed by atoms with van der Waals surface area (Å²) >= 11 is 0. The van der Waals surface area contributed by atoms with Crippen LogP contribution in [-0.4, -0.2) is 48.5 Å². The van der Waals surface area contributed by atoms with E-state index in [1.54, 1.807) is 20.8 Å². The van der Waals surface area contributed by atoms with E-state index in [-0.39, 0.29) is 30.6 Å². The van der Waals surface area contributed by atoms with E-state index in [1.165, 1.54) is 7.11 Å². The lowest BCUT2D eigenvalue weighted by Crippen LogP contribution is -2.69. The van der Waals surface area contributed by atoms with Crippen molar-refractivity contribution in [3.05, 3.63) is 0 Å². The minimum Gasteiger partial charge on any atom is -0.469 e. The van der Waals surface area contributed by atoms with Crippen molar-refractivity contribution < 1.29 is 28.7 Å². The molecule has 1 aliphatic rings. The first-order valence-corrected chi connectivity index (χ1v) is 7.01. The van der Waals surface area contributed by atoms with Crippen molar-refractivity contribution in [2.45, 2.75) is 57.7 Å². The number of hydrogen-bond donors (Lipinski definition) is 2. The Bertz CT molecular complexity index is 468. The Kier molecular flexibility index (Phi) is 5.90. The van der Waals surface area contributed by atoms with E-state index < -0.39 is 23.7 Å². The molecule has 1 heterocycles. The second-order valence-corrected chi connectivity index (χ2v) is 6.07. The lowest BCUT2D eigenvalue weighted by Gasteiger charge is -2.37. The van der Waals surface area contributed by atoms with Crippen LogP contribution in [0.3, 0.4) is 0 Å². The number of Topliss-reactive ketones (excluding diaryl/α,β-unsaturated/α-hetero) is 1. The highest BCUT2D eigenvalue weighted by Gasteiger charge is 2.41. The normalized spacial score (nSPS) is 20.5. The average molecular weight is 314 g/mol. The molecule has 0 aromatic carbocycles. The van der Waals surface area contributed by atoms with Gasteiger partial charge in [-0.15, -0.1) is 0 Å². The van der Waals surface area contributed by atoms with Gasteiger partial charge in [0.25, 0.3) is 0 Å². The molecule has 1 unspecified atom stereocenters. The Balaban J connectivity index is 2.39. The van der Waals surface area contributed by atoms with Crippen LogP contribution in [0.15, 0.2) is 0 Å². The number of carbonyl (C=O) groups excluding carboxylic acids is 4. The maximum atomic E-state index is 11.6. The fourth-order valence-electron chi connectivity index (χ4n) is 1.92. The number of β-lactam (4-membered cyclic amide) rings is 1. The number of methoxy groups -OCH3 is 1. The van der Waals surface area contributed by atoms with Crippen molar-refractivity contribution >= 4 is 23.8 Å². The quantitative estimate of drug-likeness (QED) is 0.414. The smallest absolute Gasteiger partial charge is 0.408 e. The molecular weight excluding hydrogens is 292 g/mol. The van der Waals surface area contributed by atoms with Crippen molar-refractivity contribution in [1.29, 1.82) is 0 Å². The molecular formula is C14H22N2O6. The highest BCUT2D eigenvalue weighted by molar-refractivity contribution is 5.96. The fourth-order valence-corrected chi connectivity index (χ4v) is 1.92. The van der Waals surface area contributed by atoms with Gasteiger partial charge in [0, 0.05) is 6.42 Å². The van der Waals surface area contributed by atoms with Gasteiger partial charge in [-0.05, 0) is 27.2 Å². The zero-order chi connectivity index (χ0) is 16.9. The van der Waals surface area contributed by atoms with Crippen molar-refractivity contribution in [2.24, 2.45) is 0 Å². The molecule has 1 aliphatic heterocycles. The van der Waals surface area contributed by atoms with Crippen LogP contribution >= 0.6 is 0 Å². The van der Waals surface area contributed by atoms with Crippen LogP contribution < -0.4 is 10.6 Å². The molecule has 1 saturated heterocycles. The van der Waals surface area contributed by atoms with E-state index in [1.807, 2.05) is 0 Å². The third-order valence-electron chi connectivity index (χ3n) is 2.99. The first kappa shape index (κ1) is 17.9. The van der Waals surface area contributed by atoms with Crippen LogP contribution in [0.25, 0.3) is 0 Å². The van der Waals surface area contributed by atoms with Gasteiger partial charge < -0.3 is 20.1 Å². The Morgan fingerprint density at radius 3 is 2.41 bits per heavy atom. The summed E-state index contributed by atoms with van der Waals surface area (Å²) in [4.78, 5) is 45.6. The van der Waals surface area contributed by atoms with Gasteiger partial charge in [0.15, 0.2) is 0 Å². The number of ether oxygens (including phenoxy) is 2. The largest absolute Gasteiger partial charge is 0.469 e. The van der Waals surface area contributed by atoms with Gasteiger partial charge in [0.1, 0.15) is 23.8 Å². The zero-order valence-electron chi connectivity index (χ0n) is 13.2. The third-order valence-corrected chi connectivity index (χ3v) is 2.99. The average Bonchev–Trinajstić information content (AvgIpc) is 2.38. The number of alkyl carbamates (subject to hydrolysis) is 1. The van der Waals surface area contributed by atoms with E-state index in [4.69, 9.17) is 4.74 Å². The van der Waals surface area contributed by atoms with E-state index in [0.717, 1.165) is 0 Å². The van der Waals surface area contributed by atoms with Gasteiger partial charge in [0.2, 0.25) is 5.91 Å². The van der Waals surface area contributed by atoms with E-state index in [0.29, 0.717) is 6.42 Å².